The van der Waals surface area contributed by atoms with Gasteiger partial charge in [0.15, 0.2) is 0 Å². The van der Waals surface area contributed by atoms with E-state index in [1.807, 2.05) is 0 Å². The highest BCUT2D eigenvalue weighted by Gasteiger charge is 2.37. The topological polar surface area (TPSA) is 0 Å². The lowest BCUT2D eigenvalue weighted by Gasteiger charge is -2.27. The van der Waals surface area contributed by atoms with Crippen LogP contribution in [0.5, 0.6) is 0 Å². The summed E-state index contributed by atoms with van der Waals surface area (Å²) in [5.74, 6) is -3.11. The molecule has 1 aliphatic carbocycles. The Morgan fingerprint density at radius 2 is 2.00 bits per heavy atom. The van der Waals surface area contributed by atoms with E-state index in [4.69, 9.17) is 0 Å². The van der Waals surface area contributed by atoms with Gasteiger partial charge in [0.25, 0.3) is 5.92 Å². The van der Waals surface area contributed by atoms with Gasteiger partial charge in [-0.3, -0.25) is 0 Å². The Morgan fingerprint density at radius 3 is 2.33 bits per heavy atom. The standard InChI is InChI=1S/C7H11F2/c1-6-4-2-3-5-7(6,8)9/h6H,1-5H2. The maximum atomic E-state index is 12.5. The molecule has 53 valence electrons. The van der Waals surface area contributed by atoms with Crippen molar-refractivity contribution in [3.05, 3.63) is 6.92 Å². The Kier molecular flexibility index (Phi) is 1.73. The molecule has 1 saturated carbocycles. The summed E-state index contributed by atoms with van der Waals surface area (Å²) in [6.45, 7) is 3.40. The van der Waals surface area contributed by atoms with Crippen molar-refractivity contribution in [3.8, 4) is 0 Å². The van der Waals surface area contributed by atoms with Crippen molar-refractivity contribution in [2.75, 3.05) is 0 Å². The number of hydrogen-bond acceptors (Lipinski definition) is 0. The molecule has 0 saturated heterocycles. The summed E-state index contributed by atoms with van der Waals surface area (Å²) < 4.78 is 25.1. The summed E-state index contributed by atoms with van der Waals surface area (Å²) in [7, 11) is 0. The molecule has 1 fully saturated rings. The second kappa shape index (κ2) is 2.24. The predicted molar refractivity (Wildman–Crippen MR) is 32.3 cm³/mol. The molecule has 0 heterocycles. The van der Waals surface area contributed by atoms with Gasteiger partial charge in [-0.15, -0.1) is 0 Å². The molecule has 0 amide bonds. The molecule has 0 spiro atoms. The van der Waals surface area contributed by atoms with Crippen LogP contribution in [0.4, 0.5) is 8.78 Å². The normalized spacial score (nSPS) is 34.3. The maximum absolute atomic E-state index is 12.5. The van der Waals surface area contributed by atoms with Crippen LogP contribution in [0.2, 0.25) is 0 Å². The molecule has 1 rings (SSSR count). The summed E-state index contributed by atoms with van der Waals surface area (Å²) in [5.41, 5.74) is 0. The van der Waals surface area contributed by atoms with Gasteiger partial charge in [-0.25, -0.2) is 8.78 Å². The number of alkyl halides is 2. The molecular formula is C7H11F2. The zero-order valence-corrected chi connectivity index (χ0v) is 5.37. The van der Waals surface area contributed by atoms with Gasteiger partial charge in [-0.05, 0) is 19.8 Å². The van der Waals surface area contributed by atoms with Crippen molar-refractivity contribution in [3.63, 3.8) is 0 Å². The molecule has 0 bridgehead atoms. The first-order chi connectivity index (χ1) is 4.13. The molecule has 1 aliphatic rings. The third-order valence-corrected chi connectivity index (χ3v) is 1.91. The van der Waals surface area contributed by atoms with Gasteiger partial charge in [0, 0.05) is 12.3 Å². The van der Waals surface area contributed by atoms with Gasteiger partial charge in [0.2, 0.25) is 0 Å². The zero-order valence-electron chi connectivity index (χ0n) is 5.37. The predicted octanol–water partition coefficient (Wildman–Crippen LogP) is 2.65. The summed E-state index contributed by atoms with van der Waals surface area (Å²) in [4.78, 5) is 0. The zero-order chi connectivity index (χ0) is 6.91. The molecule has 0 aromatic carbocycles. The van der Waals surface area contributed by atoms with Crippen LogP contribution in [0, 0.1) is 12.8 Å². The molecule has 0 N–H and O–H groups in total. The second-order valence-electron chi connectivity index (χ2n) is 2.70. The monoisotopic (exact) mass is 133 g/mol. The van der Waals surface area contributed by atoms with Gasteiger partial charge < -0.3 is 0 Å². The molecule has 1 atom stereocenters. The summed E-state index contributed by atoms with van der Waals surface area (Å²) in [6.07, 6.45) is 2.22. The van der Waals surface area contributed by atoms with E-state index >= 15 is 0 Å². The molecule has 1 unspecified atom stereocenters. The Balaban J connectivity index is 2.49. The van der Waals surface area contributed by atoms with Crippen molar-refractivity contribution >= 4 is 0 Å². The van der Waals surface area contributed by atoms with Gasteiger partial charge in [-0.2, -0.15) is 0 Å². The maximum Gasteiger partial charge on any atom is 0.250 e. The lowest BCUT2D eigenvalue weighted by Crippen LogP contribution is -2.29. The molecule has 9 heavy (non-hydrogen) atoms. The molecule has 1 radical (unpaired) electrons. The fraction of sp³-hybridized carbons (Fsp3) is 0.857. The first-order valence-electron chi connectivity index (χ1n) is 3.34. The van der Waals surface area contributed by atoms with Crippen molar-refractivity contribution in [1.82, 2.24) is 0 Å². The molecule has 0 aromatic rings. The molecular weight excluding hydrogens is 122 g/mol. The molecule has 0 nitrogen and oxygen atoms in total. The van der Waals surface area contributed by atoms with Crippen molar-refractivity contribution in [2.45, 2.75) is 31.6 Å². The first-order valence-corrected chi connectivity index (χ1v) is 3.34. The van der Waals surface area contributed by atoms with Crippen LogP contribution in [-0.4, -0.2) is 5.92 Å². The van der Waals surface area contributed by atoms with Crippen LogP contribution in [0.3, 0.4) is 0 Å². The quantitative estimate of drug-likeness (QED) is 0.476. The average molecular weight is 133 g/mol. The van der Waals surface area contributed by atoms with Crippen LogP contribution < -0.4 is 0 Å². The third kappa shape index (κ3) is 1.41. The molecule has 0 aromatic heterocycles. The minimum absolute atomic E-state index is 0.0428. The number of rotatable bonds is 0. The van der Waals surface area contributed by atoms with Crippen LogP contribution in [0.1, 0.15) is 25.7 Å². The number of halogens is 2. The smallest absolute Gasteiger partial charge is 0.207 e. The fourth-order valence-electron chi connectivity index (χ4n) is 1.17. The summed E-state index contributed by atoms with van der Waals surface area (Å²) in [5, 5.41) is 0. The minimum atomic E-state index is -2.47. The van der Waals surface area contributed by atoms with E-state index in [2.05, 4.69) is 6.92 Å². The van der Waals surface area contributed by atoms with Crippen LogP contribution in [0.25, 0.3) is 0 Å². The van der Waals surface area contributed by atoms with E-state index in [1.54, 1.807) is 0 Å². The Bertz CT molecular complexity index is 99.1. The summed E-state index contributed by atoms with van der Waals surface area (Å²) in [6, 6.07) is 0. The van der Waals surface area contributed by atoms with Crippen molar-refractivity contribution < 1.29 is 8.78 Å². The van der Waals surface area contributed by atoms with Gasteiger partial charge in [0.05, 0.1) is 0 Å². The third-order valence-electron chi connectivity index (χ3n) is 1.91. The highest BCUT2D eigenvalue weighted by Crippen LogP contribution is 2.37. The Hall–Kier alpha value is -0.140. The molecule has 0 aliphatic heterocycles. The van der Waals surface area contributed by atoms with E-state index in [9.17, 15) is 8.78 Å². The lowest BCUT2D eigenvalue weighted by atomic mass is 9.87. The van der Waals surface area contributed by atoms with Crippen LogP contribution in [0.15, 0.2) is 0 Å². The Morgan fingerprint density at radius 1 is 1.33 bits per heavy atom. The fourth-order valence-corrected chi connectivity index (χ4v) is 1.17. The van der Waals surface area contributed by atoms with Gasteiger partial charge in [0.1, 0.15) is 0 Å². The van der Waals surface area contributed by atoms with Crippen LogP contribution in [-0.2, 0) is 0 Å². The largest absolute Gasteiger partial charge is 0.250 e. The highest BCUT2D eigenvalue weighted by atomic mass is 19.3. The van der Waals surface area contributed by atoms with Gasteiger partial charge >= 0.3 is 0 Å². The second-order valence-corrected chi connectivity index (χ2v) is 2.70. The SMILES string of the molecule is [CH2]C1CCCCC1(F)F. The van der Waals surface area contributed by atoms with Crippen LogP contribution >= 0.6 is 0 Å². The first kappa shape index (κ1) is 6.97. The van der Waals surface area contributed by atoms with E-state index in [1.165, 1.54) is 0 Å². The summed E-state index contributed by atoms with van der Waals surface area (Å²) >= 11 is 0. The average Bonchev–Trinajstić information content (AvgIpc) is 1.77. The highest BCUT2D eigenvalue weighted by molar-refractivity contribution is 4.82. The van der Waals surface area contributed by atoms with Crippen molar-refractivity contribution in [1.29, 1.82) is 0 Å². The van der Waals surface area contributed by atoms with E-state index in [-0.39, 0.29) is 6.42 Å². The minimum Gasteiger partial charge on any atom is -0.207 e. The van der Waals surface area contributed by atoms with E-state index < -0.39 is 11.8 Å². The Labute approximate surface area is 54.3 Å². The lowest BCUT2D eigenvalue weighted by molar-refractivity contribution is -0.0685. The van der Waals surface area contributed by atoms with Crippen molar-refractivity contribution in [2.24, 2.45) is 5.92 Å². The van der Waals surface area contributed by atoms with E-state index in [0.717, 1.165) is 6.42 Å². The van der Waals surface area contributed by atoms with E-state index in [0.29, 0.717) is 12.8 Å². The number of hydrogen-bond donors (Lipinski definition) is 0. The molecule has 2 heteroatoms. The van der Waals surface area contributed by atoms with Gasteiger partial charge in [-0.1, -0.05) is 6.42 Å².